The number of carbonyl (C=O) groups excluding carboxylic acids is 1. The van der Waals surface area contributed by atoms with Gasteiger partial charge in [-0.3, -0.25) is 4.79 Å². The van der Waals surface area contributed by atoms with Gasteiger partial charge >= 0.3 is 5.97 Å². The number of furan rings is 1. The molecule has 5 heteroatoms. The van der Waals surface area contributed by atoms with Crippen LogP contribution in [0.3, 0.4) is 0 Å². The third kappa shape index (κ3) is 3.12. The summed E-state index contributed by atoms with van der Waals surface area (Å²) in [5, 5.41) is 12.2. The van der Waals surface area contributed by atoms with Gasteiger partial charge in [0.1, 0.15) is 11.3 Å². The maximum atomic E-state index is 12.4. The summed E-state index contributed by atoms with van der Waals surface area (Å²) >= 11 is 0. The molecule has 0 unspecified atom stereocenters. The predicted molar refractivity (Wildman–Crippen MR) is 78.4 cm³/mol. The van der Waals surface area contributed by atoms with Crippen LogP contribution < -0.4 is 5.32 Å². The lowest BCUT2D eigenvalue weighted by atomic mass is 9.81. The molecule has 0 aliphatic heterocycles. The second-order valence-corrected chi connectivity index (χ2v) is 5.67. The standard InChI is InChI=1S/C16H23NO4/c1-3-11-10-13(21-12(11)4-2)14(18)17-16(15(19)20)8-6-5-7-9-16/h10H,3-9H2,1-2H3,(H,17,18)(H,19,20). The zero-order valence-corrected chi connectivity index (χ0v) is 12.7. The molecule has 0 radical (unpaired) electrons. The molecule has 1 fully saturated rings. The highest BCUT2D eigenvalue weighted by molar-refractivity contribution is 5.96. The second-order valence-electron chi connectivity index (χ2n) is 5.67. The maximum absolute atomic E-state index is 12.4. The molecule has 116 valence electrons. The van der Waals surface area contributed by atoms with Crippen molar-refractivity contribution in [1.29, 1.82) is 0 Å². The Morgan fingerprint density at radius 1 is 1.24 bits per heavy atom. The van der Waals surface area contributed by atoms with Crippen molar-refractivity contribution < 1.29 is 19.1 Å². The van der Waals surface area contributed by atoms with Gasteiger partial charge in [-0.1, -0.05) is 33.1 Å². The summed E-state index contributed by atoms with van der Waals surface area (Å²) in [7, 11) is 0. The van der Waals surface area contributed by atoms with Crippen LogP contribution >= 0.6 is 0 Å². The molecule has 21 heavy (non-hydrogen) atoms. The first kappa shape index (κ1) is 15.6. The molecule has 2 N–H and O–H groups in total. The van der Waals surface area contributed by atoms with E-state index in [-0.39, 0.29) is 5.76 Å². The zero-order chi connectivity index (χ0) is 15.5. The molecule has 2 rings (SSSR count). The number of hydrogen-bond donors (Lipinski definition) is 2. The summed E-state index contributed by atoms with van der Waals surface area (Å²) in [6.07, 6.45) is 5.15. The number of aryl methyl sites for hydroxylation is 2. The van der Waals surface area contributed by atoms with Crippen molar-refractivity contribution >= 4 is 11.9 Å². The Morgan fingerprint density at radius 3 is 2.38 bits per heavy atom. The minimum Gasteiger partial charge on any atom is -0.480 e. The van der Waals surface area contributed by atoms with Gasteiger partial charge in [-0.05, 0) is 30.9 Å². The number of hydrogen-bond acceptors (Lipinski definition) is 3. The van der Waals surface area contributed by atoms with Gasteiger partial charge < -0.3 is 14.8 Å². The molecule has 1 saturated carbocycles. The minimum atomic E-state index is -1.14. The fourth-order valence-electron chi connectivity index (χ4n) is 3.00. The van der Waals surface area contributed by atoms with Gasteiger partial charge in [-0.15, -0.1) is 0 Å². The summed E-state index contributed by atoms with van der Waals surface area (Å²) in [5.41, 5.74) is -0.128. The lowest BCUT2D eigenvalue weighted by Gasteiger charge is -2.33. The van der Waals surface area contributed by atoms with Crippen molar-refractivity contribution in [2.45, 2.75) is 64.3 Å². The molecule has 0 saturated heterocycles. The number of aliphatic carboxylic acids is 1. The van der Waals surface area contributed by atoms with Crippen molar-refractivity contribution in [1.82, 2.24) is 5.32 Å². The quantitative estimate of drug-likeness (QED) is 0.874. The number of carbonyl (C=O) groups is 2. The van der Waals surface area contributed by atoms with Gasteiger partial charge in [-0.2, -0.15) is 0 Å². The number of carboxylic acid groups (broad SMARTS) is 1. The Morgan fingerprint density at radius 2 is 1.90 bits per heavy atom. The fraction of sp³-hybridized carbons (Fsp3) is 0.625. The molecule has 1 amide bonds. The highest BCUT2D eigenvalue weighted by Crippen LogP contribution is 2.29. The Hall–Kier alpha value is -1.78. The average Bonchev–Trinajstić information content (AvgIpc) is 2.91. The van der Waals surface area contributed by atoms with Crippen LogP contribution in [0.25, 0.3) is 0 Å². The molecule has 1 heterocycles. The molecule has 1 aromatic rings. The highest BCUT2D eigenvalue weighted by atomic mass is 16.4. The van der Waals surface area contributed by atoms with Crippen molar-refractivity contribution in [3.63, 3.8) is 0 Å². The lowest BCUT2D eigenvalue weighted by Crippen LogP contribution is -2.55. The molecule has 1 aliphatic carbocycles. The third-order valence-electron chi connectivity index (χ3n) is 4.29. The van der Waals surface area contributed by atoms with Crippen LogP contribution in [0, 0.1) is 0 Å². The van der Waals surface area contributed by atoms with Crippen molar-refractivity contribution in [2.75, 3.05) is 0 Å². The Bertz CT molecular complexity index is 505. The fourth-order valence-corrected chi connectivity index (χ4v) is 3.00. The van der Waals surface area contributed by atoms with Crippen LogP contribution in [-0.2, 0) is 17.6 Å². The first-order valence-corrected chi connectivity index (χ1v) is 7.70. The van der Waals surface area contributed by atoms with Gasteiger partial charge in [0.05, 0.1) is 0 Å². The zero-order valence-electron chi connectivity index (χ0n) is 12.7. The average molecular weight is 293 g/mol. The minimum absolute atomic E-state index is 0.217. The van der Waals surface area contributed by atoms with Crippen LogP contribution in [-0.4, -0.2) is 22.5 Å². The van der Waals surface area contributed by atoms with Crippen LogP contribution in [0.15, 0.2) is 10.5 Å². The summed E-state index contributed by atoms with van der Waals surface area (Å²) in [5.74, 6) is -0.354. The van der Waals surface area contributed by atoms with E-state index >= 15 is 0 Å². The normalized spacial score (nSPS) is 17.4. The summed E-state index contributed by atoms with van der Waals surface area (Å²) in [4.78, 5) is 23.9. The first-order valence-electron chi connectivity index (χ1n) is 7.70. The second kappa shape index (κ2) is 6.33. The van der Waals surface area contributed by atoms with E-state index < -0.39 is 17.4 Å². The summed E-state index contributed by atoms with van der Waals surface area (Å²) in [6.45, 7) is 3.98. The largest absolute Gasteiger partial charge is 0.480 e. The third-order valence-corrected chi connectivity index (χ3v) is 4.29. The monoisotopic (exact) mass is 293 g/mol. The van der Waals surface area contributed by atoms with Crippen molar-refractivity contribution in [2.24, 2.45) is 0 Å². The smallest absolute Gasteiger partial charge is 0.329 e. The van der Waals surface area contributed by atoms with E-state index in [4.69, 9.17) is 4.42 Å². The van der Waals surface area contributed by atoms with E-state index in [2.05, 4.69) is 5.32 Å². The number of nitrogens with one attached hydrogen (secondary N) is 1. The molecular weight excluding hydrogens is 270 g/mol. The van der Waals surface area contributed by atoms with Crippen LogP contribution in [0.1, 0.15) is 67.8 Å². The summed E-state index contributed by atoms with van der Waals surface area (Å²) in [6, 6.07) is 1.73. The van der Waals surface area contributed by atoms with Crippen LogP contribution in [0.5, 0.6) is 0 Å². The van der Waals surface area contributed by atoms with Gasteiger partial charge in [0.15, 0.2) is 5.76 Å². The lowest BCUT2D eigenvalue weighted by molar-refractivity contribution is -0.145. The number of carboxylic acids is 1. The molecule has 0 atom stereocenters. The molecule has 5 nitrogen and oxygen atoms in total. The Labute approximate surface area is 124 Å². The highest BCUT2D eigenvalue weighted by Gasteiger charge is 2.41. The van der Waals surface area contributed by atoms with Crippen molar-refractivity contribution in [3.8, 4) is 0 Å². The van der Waals surface area contributed by atoms with E-state index in [0.717, 1.165) is 43.4 Å². The summed E-state index contributed by atoms with van der Waals surface area (Å²) < 4.78 is 5.58. The molecule has 0 bridgehead atoms. The molecule has 1 aromatic heterocycles. The van der Waals surface area contributed by atoms with E-state index in [1.54, 1.807) is 6.07 Å². The number of amides is 1. The van der Waals surface area contributed by atoms with Gasteiger partial charge in [0, 0.05) is 6.42 Å². The molecular formula is C16H23NO4. The van der Waals surface area contributed by atoms with Crippen LogP contribution in [0.2, 0.25) is 0 Å². The van der Waals surface area contributed by atoms with Gasteiger partial charge in [-0.25, -0.2) is 4.79 Å². The molecule has 1 aliphatic rings. The van der Waals surface area contributed by atoms with Gasteiger partial charge in [0.2, 0.25) is 0 Å². The maximum Gasteiger partial charge on any atom is 0.329 e. The molecule has 0 aromatic carbocycles. The Balaban J connectivity index is 2.19. The van der Waals surface area contributed by atoms with E-state index in [9.17, 15) is 14.7 Å². The van der Waals surface area contributed by atoms with E-state index in [1.165, 1.54) is 0 Å². The first-order chi connectivity index (χ1) is 10.0. The predicted octanol–water partition coefficient (Wildman–Crippen LogP) is 2.92. The van der Waals surface area contributed by atoms with Crippen molar-refractivity contribution in [3.05, 3.63) is 23.2 Å². The Kier molecular flexibility index (Phi) is 4.70. The van der Waals surface area contributed by atoms with E-state index in [1.807, 2.05) is 13.8 Å². The van der Waals surface area contributed by atoms with Gasteiger partial charge in [0.25, 0.3) is 5.91 Å². The number of rotatable bonds is 5. The van der Waals surface area contributed by atoms with Crippen LogP contribution in [0.4, 0.5) is 0 Å². The molecule has 0 spiro atoms. The topological polar surface area (TPSA) is 79.5 Å². The SMILES string of the molecule is CCc1cc(C(=O)NC2(C(=O)O)CCCCC2)oc1CC. The van der Waals surface area contributed by atoms with E-state index in [0.29, 0.717) is 12.8 Å².